The summed E-state index contributed by atoms with van der Waals surface area (Å²) >= 11 is 1.42. The van der Waals surface area contributed by atoms with Gasteiger partial charge in [0.2, 0.25) is 17.0 Å². The molecule has 0 bridgehead atoms. The zero-order valence-electron chi connectivity index (χ0n) is 16.7. The number of tetrazole rings is 1. The molecule has 1 atom stereocenters. The molecule has 1 aromatic rings. The Morgan fingerprint density at radius 1 is 1.14 bits per heavy atom. The van der Waals surface area contributed by atoms with Crippen LogP contribution in [0, 0.1) is 0 Å². The zero-order valence-corrected chi connectivity index (χ0v) is 17.5. The molecule has 1 saturated carbocycles. The van der Waals surface area contributed by atoms with Gasteiger partial charge in [0.15, 0.2) is 0 Å². The second kappa shape index (κ2) is 8.36. The predicted octanol–water partition coefficient (Wildman–Crippen LogP) is 0.644. The number of carbonyl (C=O) groups is 2. The quantitative estimate of drug-likeness (QED) is 0.640. The summed E-state index contributed by atoms with van der Waals surface area (Å²) in [6.07, 6.45) is 4.21. The molecule has 9 nitrogen and oxygen atoms in total. The lowest BCUT2D eigenvalue weighted by Crippen LogP contribution is -2.59. The maximum absolute atomic E-state index is 12.8. The van der Waals surface area contributed by atoms with E-state index in [4.69, 9.17) is 0 Å². The summed E-state index contributed by atoms with van der Waals surface area (Å²) in [5, 5.41) is 12.5. The third-order valence-electron chi connectivity index (χ3n) is 5.86. The van der Waals surface area contributed by atoms with Gasteiger partial charge in [-0.15, -0.1) is 5.10 Å². The minimum atomic E-state index is -0.0223. The molecule has 0 N–H and O–H groups in total. The number of carbonyl (C=O) groups excluding carboxylic acids is 2. The predicted molar refractivity (Wildman–Crippen MR) is 105 cm³/mol. The van der Waals surface area contributed by atoms with Gasteiger partial charge in [-0.05, 0) is 50.0 Å². The van der Waals surface area contributed by atoms with Crippen molar-refractivity contribution in [3.63, 3.8) is 0 Å². The zero-order chi connectivity index (χ0) is 19.7. The number of thioether (sulfide) groups is 1. The van der Waals surface area contributed by atoms with Crippen molar-refractivity contribution in [2.24, 2.45) is 0 Å². The molecule has 0 radical (unpaired) electrons. The molecule has 154 valence electrons. The van der Waals surface area contributed by atoms with Gasteiger partial charge in [-0.2, -0.15) is 0 Å². The van der Waals surface area contributed by atoms with E-state index in [0.29, 0.717) is 24.9 Å². The summed E-state index contributed by atoms with van der Waals surface area (Å²) in [5.74, 6) is 0.730. The summed E-state index contributed by atoms with van der Waals surface area (Å²) in [6, 6.07) is 0.642. The minimum Gasteiger partial charge on any atom is -0.339 e. The number of nitrogens with zero attached hydrogens (tertiary/aromatic N) is 7. The van der Waals surface area contributed by atoms with E-state index >= 15 is 0 Å². The molecule has 2 aliphatic heterocycles. The highest BCUT2D eigenvalue weighted by Gasteiger charge is 2.36. The maximum atomic E-state index is 12.8. The van der Waals surface area contributed by atoms with Crippen molar-refractivity contribution >= 4 is 23.6 Å². The van der Waals surface area contributed by atoms with E-state index < -0.39 is 0 Å². The standard InChI is InChI=1S/C18H29N7O2S/c1-13(2)24-7-3-4-15(17(24)27)22-8-10-23(11-9-22)16(26)12-28-18-19-20-21-25(18)14-5-6-14/h13-15H,3-12H2,1-2H3. The maximum Gasteiger partial charge on any atom is 0.240 e. The highest BCUT2D eigenvalue weighted by atomic mass is 32.2. The van der Waals surface area contributed by atoms with Crippen LogP contribution in [-0.4, -0.2) is 97.3 Å². The molecule has 10 heteroatoms. The molecule has 1 aromatic heterocycles. The van der Waals surface area contributed by atoms with Crippen molar-refractivity contribution in [3.8, 4) is 0 Å². The van der Waals surface area contributed by atoms with Crippen LogP contribution in [0.3, 0.4) is 0 Å². The van der Waals surface area contributed by atoms with E-state index in [-0.39, 0.29) is 23.9 Å². The van der Waals surface area contributed by atoms with Crippen LogP contribution in [0.1, 0.15) is 45.6 Å². The average Bonchev–Trinajstić information content (AvgIpc) is 3.44. The highest BCUT2D eigenvalue weighted by Crippen LogP contribution is 2.36. The molecular weight excluding hydrogens is 378 g/mol. The number of hydrogen-bond acceptors (Lipinski definition) is 7. The van der Waals surface area contributed by atoms with Crippen molar-refractivity contribution in [2.45, 2.75) is 62.8 Å². The van der Waals surface area contributed by atoms with Gasteiger partial charge in [0.05, 0.1) is 17.8 Å². The van der Waals surface area contributed by atoms with Gasteiger partial charge in [-0.25, -0.2) is 4.68 Å². The average molecular weight is 408 g/mol. The minimum absolute atomic E-state index is 0.0223. The van der Waals surface area contributed by atoms with Crippen LogP contribution in [0.2, 0.25) is 0 Å². The Labute approximate surface area is 169 Å². The Kier molecular flexibility index (Phi) is 5.86. The fourth-order valence-corrected chi connectivity index (χ4v) is 4.91. The molecule has 0 aromatic carbocycles. The number of hydrogen-bond donors (Lipinski definition) is 0. The van der Waals surface area contributed by atoms with Crippen LogP contribution < -0.4 is 0 Å². The second-order valence-electron chi connectivity index (χ2n) is 8.13. The third kappa shape index (κ3) is 4.17. The Hall–Kier alpha value is -1.68. The van der Waals surface area contributed by atoms with Crippen LogP contribution in [0.15, 0.2) is 5.16 Å². The first-order valence-corrected chi connectivity index (χ1v) is 11.3. The molecule has 3 heterocycles. The topological polar surface area (TPSA) is 87.5 Å². The van der Waals surface area contributed by atoms with E-state index in [1.165, 1.54) is 11.8 Å². The first kappa shape index (κ1) is 19.6. The van der Waals surface area contributed by atoms with E-state index in [1.54, 1.807) is 0 Å². The van der Waals surface area contributed by atoms with Crippen LogP contribution in [0.25, 0.3) is 0 Å². The largest absolute Gasteiger partial charge is 0.339 e. The van der Waals surface area contributed by atoms with Crippen LogP contribution >= 0.6 is 11.8 Å². The Morgan fingerprint density at radius 3 is 2.57 bits per heavy atom. The van der Waals surface area contributed by atoms with Crippen LogP contribution in [-0.2, 0) is 9.59 Å². The normalized spacial score (nSPS) is 24.2. The molecular formula is C18H29N7O2S. The second-order valence-corrected chi connectivity index (χ2v) is 9.07. The molecule has 2 saturated heterocycles. The molecule has 4 rings (SSSR count). The third-order valence-corrected chi connectivity index (χ3v) is 6.77. The van der Waals surface area contributed by atoms with Crippen molar-refractivity contribution in [1.82, 2.24) is 34.9 Å². The first-order chi connectivity index (χ1) is 13.5. The Balaban J connectivity index is 1.26. The van der Waals surface area contributed by atoms with E-state index in [9.17, 15) is 9.59 Å². The van der Waals surface area contributed by atoms with Gasteiger partial charge in [-0.1, -0.05) is 11.8 Å². The van der Waals surface area contributed by atoms with Crippen molar-refractivity contribution in [3.05, 3.63) is 0 Å². The van der Waals surface area contributed by atoms with Crippen LogP contribution in [0.5, 0.6) is 0 Å². The smallest absolute Gasteiger partial charge is 0.240 e. The lowest BCUT2D eigenvalue weighted by Gasteiger charge is -2.43. The molecule has 2 amide bonds. The van der Waals surface area contributed by atoms with Gasteiger partial charge in [-0.3, -0.25) is 14.5 Å². The van der Waals surface area contributed by atoms with Gasteiger partial charge in [0.25, 0.3) is 0 Å². The SMILES string of the molecule is CC(C)N1CCCC(N2CCN(C(=O)CSc3nnnn3C3CC3)CC2)C1=O. The number of likely N-dealkylation sites (tertiary alicyclic amines) is 1. The number of amides is 2. The molecule has 28 heavy (non-hydrogen) atoms. The number of piperazine rings is 1. The summed E-state index contributed by atoms with van der Waals surface area (Å²) in [6.45, 7) is 7.90. The number of aromatic nitrogens is 4. The Bertz CT molecular complexity index is 713. The Morgan fingerprint density at radius 2 is 1.89 bits per heavy atom. The highest BCUT2D eigenvalue weighted by molar-refractivity contribution is 7.99. The summed E-state index contributed by atoms with van der Waals surface area (Å²) in [4.78, 5) is 31.6. The molecule has 0 spiro atoms. The fraction of sp³-hybridized carbons (Fsp3) is 0.833. The van der Waals surface area contributed by atoms with Crippen LogP contribution in [0.4, 0.5) is 0 Å². The summed E-state index contributed by atoms with van der Waals surface area (Å²) in [5.41, 5.74) is 0. The number of piperidine rings is 1. The number of rotatable bonds is 6. The molecule has 1 aliphatic carbocycles. The lowest BCUT2D eigenvalue weighted by molar-refractivity contribution is -0.143. The van der Waals surface area contributed by atoms with Gasteiger partial charge < -0.3 is 9.80 Å². The van der Waals surface area contributed by atoms with E-state index in [0.717, 1.165) is 50.5 Å². The molecule has 1 unspecified atom stereocenters. The summed E-state index contributed by atoms with van der Waals surface area (Å²) < 4.78 is 1.84. The fourth-order valence-electron chi connectivity index (χ4n) is 4.06. The van der Waals surface area contributed by atoms with Crippen molar-refractivity contribution in [1.29, 1.82) is 0 Å². The van der Waals surface area contributed by atoms with Crippen molar-refractivity contribution < 1.29 is 9.59 Å². The summed E-state index contributed by atoms with van der Waals surface area (Å²) in [7, 11) is 0. The van der Waals surface area contributed by atoms with Gasteiger partial charge >= 0.3 is 0 Å². The first-order valence-electron chi connectivity index (χ1n) is 10.3. The lowest BCUT2D eigenvalue weighted by atomic mass is 10.0. The molecule has 3 fully saturated rings. The van der Waals surface area contributed by atoms with E-state index in [1.807, 2.05) is 14.5 Å². The van der Waals surface area contributed by atoms with Gasteiger partial charge in [0, 0.05) is 38.8 Å². The monoisotopic (exact) mass is 407 g/mol. The van der Waals surface area contributed by atoms with Gasteiger partial charge in [0.1, 0.15) is 0 Å². The van der Waals surface area contributed by atoms with Crippen molar-refractivity contribution in [2.75, 3.05) is 38.5 Å². The van der Waals surface area contributed by atoms with E-state index in [2.05, 4.69) is 34.3 Å². The molecule has 3 aliphatic rings.